The molecular formula is C12H10Br2F3NO. The van der Waals surface area contributed by atoms with Crippen LogP contribution in [0.25, 0.3) is 0 Å². The molecule has 0 aliphatic heterocycles. The van der Waals surface area contributed by atoms with Gasteiger partial charge in [-0.25, -0.2) is 0 Å². The summed E-state index contributed by atoms with van der Waals surface area (Å²) in [7, 11) is 0. The van der Waals surface area contributed by atoms with Crippen molar-refractivity contribution in [3.63, 3.8) is 0 Å². The van der Waals surface area contributed by atoms with Crippen LogP contribution in [0.4, 0.5) is 13.2 Å². The Morgan fingerprint density at radius 3 is 2.42 bits per heavy atom. The van der Waals surface area contributed by atoms with Gasteiger partial charge in [-0.15, -0.1) is 0 Å². The zero-order valence-electron chi connectivity index (χ0n) is 9.68. The number of alkyl halides is 3. The predicted octanol–water partition coefficient (Wildman–Crippen LogP) is 4.38. The molecular weight excluding hydrogens is 391 g/mol. The topological polar surface area (TPSA) is 20.3 Å². The maximum absolute atomic E-state index is 12.5. The molecule has 1 aliphatic rings. The molecule has 104 valence electrons. The lowest BCUT2D eigenvalue weighted by molar-refractivity contribution is -0.141. The number of rotatable bonds is 3. The van der Waals surface area contributed by atoms with Crippen molar-refractivity contribution in [2.75, 3.05) is 6.54 Å². The Hall–Kier alpha value is -0.560. The molecule has 2 nitrogen and oxygen atoms in total. The Morgan fingerprint density at radius 2 is 1.95 bits per heavy atom. The van der Waals surface area contributed by atoms with E-state index >= 15 is 0 Å². The molecule has 1 aliphatic carbocycles. The van der Waals surface area contributed by atoms with E-state index in [4.69, 9.17) is 0 Å². The van der Waals surface area contributed by atoms with Crippen LogP contribution in [0.5, 0.6) is 0 Å². The first-order valence-corrected chi connectivity index (χ1v) is 7.19. The third-order valence-corrected chi connectivity index (χ3v) is 3.91. The minimum absolute atomic E-state index is 0.249. The molecule has 1 fully saturated rings. The van der Waals surface area contributed by atoms with Gasteiger partial charge in [0.2, 0.25) is 0 Å². The second-order valence-electron chi connectivity index (χ2n) is 4.40. The lowest BCUT2D eigenvalue weighted by Crippen LogP contribution is -2.40. The Bertz CT molecular complexity index is 500. The summed E-state index contributed by atoms with van der Waals surface area (Å²) < 4.78 is 38.8. The molecule has 0 atom stereocenters. The van der Waals surface area contributed by atoms with E-state index in [9.17, 15) is 18.0 Å². The molecule has 2 rings (SSSR count). The Balaban J connectivity index is 2.24. The van der Waals surface area contributed by atoms with Gasteiger partial charge in [-0.3, -0.25) is 4.79 Å². The lowest BCUT2D eigenvalue weighted by Gasteiger charge is -2.24. The largest absolute Gasteiger partial charge is 0.406 e. The third-order valence-electron chi connectivity index (χ3n) is 2.76. The smallest absolute Gasteiger partial charge is 0.327 e. The minimum Gasteiger partial charge on any atom is -0.327 e. The summed E-state index contributed by atoms with van der Waals surface area (Å²) in [5.41, 5.74) is 0.249. The van der Waals surface area contributed by atoms with E-state index < -0.39 is 18.6 Å². The number of carbonyl (C=O) groups excluding carboxylic acids is 1. The highest BCUT2D eigenvalue weighted by molar-refractivity contribution is 9.11. The van der Waals surface area contributed by atoms with Gasteiger partial charge in [0.25, 0.3) is 5.91 Å². The molecule has 7 heteroatoms. The number of halogens is 5. The van der Waals surface area contributed by atoms with Gasteiger partial charge >= 0.3 is 6.18 Å². The standard InChI is InChI=1S/C12H10Br2F3NO/c13-7-1-4-9(10(14)5-7)11(19)18(8-2-3-8)6-12(15,16)17/h1,4-5,8H,2-3,6H2. The van der Waals surface area contributed by atoms with Gasteiger partial charge in [-0.2, -0.15) is 13.2 Å². The quantitative estimate of drug-likeness (QED) is 0.737. The van der Waals surface area contributed by atoms with Crippen molar-refractivity contribution in [2.24, 2.45) is 0 Å². The first-order chi connectivity index (χ1) is 8.78. The van der Waals surface area contributed by atoms with E-state index in [0.717, 1.165) is 9.37 Å². The van der Waals surface area contributed by atoms with E-state index in [2.05, 4.69) is 31.9 Å². The van der Waals surface area contributed by atoms with Crippen LogP contribution < -0.4 is 0 Å². The summed E-state index contributed by atoms with van der Waals surface area (Å²) in [6.45, 7) is -1.20. The van der Waals surface area contributed by atoms with Crippen LogP contribution in [0.2, 0.25) is 0 Å². The van der Waals surface area contributed by atoms with Crippen LogP contribution in [0.3, 0.4) is 0 Å². The van der Waals surface area contributed by atoms with Crippen molar-refractivity contribution in [3.05, 3.63) is 32.7 Å². The minimum atomic E-state index is -4.37. The van der Waals surface area contributed by atoms with Gasteiger partial charge in [0.15, 0.2) is 0 Å². The van der Waals surface area contributed by atoms with E-state index in [1.165, 1.54) is 6.07 Å². The average Bonchev–Trinajstić information content (AvgIpc) is 3.07. The zero-order valence-corrected chi connectivity index (χ0v) is 12.8. The summed E-state index contributed by atoms with van der Waals surface area (Å²) in [5, 5.41) is 0. The van der Waals surface area contributed by atoms with Crippen LogP contribution in [0.1, 0.15) is 23.2 Å². The van der Waals surface area contributed by atoms with Crippen molar-refractivity contribution in [1.29, 1.82) is 0 Å². The fourth-order valence-corrected chi connectivity index (χ4v) is 2.98. The van der Waals surface area contributed by atoms with E-state index in [0.29, 0.717) is 17.3 Å². The maximum Gasteiger partial charge on any atom is 0.406 e. The Morgan fingerprint density at radius 1 is 1.32 bits per heavy atom. The molecule has 0 bridgehead atoms. The molecule has 0 aromatic heterocycles. The summed E-state index contributed by atoms with van der Waals surface area (Å²) >= 11 is 6.44. The summed E-state index contributed by atoms with van der Waals surface area (Å²) in [4.78, 5) is 13.1. The summed E-state index contributed by atoms with van der Waals surface area (Å²) in [6.07, 6.45) is -3.11. The molecule has 1 aromatic rings. The number of hydrogen-bond donors (Lipinski definition) is 0. The number of amides is 1. The molecule has 0 radical (unpaired) electrons. The second kappa shape index (κ2) is 5.44. The van der Waals surface area contributed by atoms with Crippen molar-refractivity contribution in [3.8, 4) is 0 Å². The number of benzene rings is 1. The molecule has 0 unspecified atom stereocenters. The predicted molar refractivity (Wildman–Crippen MR) is 72.0 cm³/mol. The molecule has 19 heavy (non-hydrogen) atoms. The van der Waals surface area contributed by atoms with E-state index in [-0.39, 0.29) is 11.6 Å². The second-order valence-corrected chi connectivity index (χ2v) is 6.17. The van der Waals surface area contributed by atoms with Crippen molar-refractivity contribution < 1.29 is 18.0 Å². The normalized spacial score (nSPS) is 15.4. The van der Waals surface area contributed by atoms with Gasteiger partial charge < -0.3 is 4.90 Å². The Labute approximate surface area is 125 Å². The van der Waals surface area contributed by atoms with Crippen LogP contribution in [0, 0.1) is 0 Å². The van der Waals surface area contributed by atoms with Crippen LogP contribution in [-0.2, 0) is 0 Å². The van der Waals surface area contributed by atoms with Crippen molar-refractivity contribution >= 4 is 37.8 Å². The van der Waals surface area contributed by atoms with Crippen LogP contribution in [0.15, 0.2) is 27.1 Å². The van der Waals surface area contributed by atoms with Crippen molar-refractivity contribution in [2.45, 2.75) is 25.1 Å². The van der Waals surface area contributed by atoms with Gasteiger partial charge in [0, 0.05) is 15.0 Å². The van der Waals surface area contributed by atoms with Crippen molar-refractivity contribution in [1.82, 2.24) is 4.90 Å². The lowest BCUT2D eigenvalue weighted by atomic mass is 10.2. The molecule has 0 spiro atoms. The van der Waals surface area contributed by atoms with Crippen LogP contribution in [-0.4, -0.2) is 29.6 Å². The SMILES string of the molecule is O=C(c1ccc(Br)cc1Br)N(CC(F)(F)F)C1CC1. The van der Waals surface area contributed by atoms with Crippen LogP contribution >= 0.6 is 31.9 Å². The molecule has 0 N–H and O–H groups in total. The Kier molecular flexibility index (Phi) is 4.25. The van der Waals surface area contributed by atoms with Gasteiger partial charge in [-0.05, 0) is 47.0 Å². The average molecular weight is 401 g/mol. The number of carbonyl (C=O) groups is 1. The van der Waals surface area contributed by atoms with E-state index in [1.54, 1.807) is 12.1 Å². The van der Waals surface area contributed by atoms with Gasteiger partial charge in [-0.1, -0.05) is 15.9 Å². The fourth-order valence-electron chi connectivity index (χ4n) is 1.76. The highest BCUT2D eigenvalue weighted by Crippen LogP contribution is 2.33. The highest BCUT2D eigenvalue weighted by atomic mass is 79.9. The molecule has 1 amide bonds. The monoisotopic (exact) mass is 399 g/mol. The van der Waals surface area contributed by atoms with E-state index in [1.807, 2.05) is 0 Å². The first kappa shape index (κ1) is 14.8. The maximum atomic E-state index is 12.5. The molecule has 1 saturated carbocycles. The fraction of sp³-hybridized carbons (Fsp3) is 0.417. The molecule has 0 heterocycles. The number of hydrogen-bond acceptors (Lipinski definition) is 1. The summed E-state index contributed by atoms with van der Waals surface area (Å²) in [5.74, 6) is -0.584. The zero-order chi connectivity index (χ0) is 14.2. The first-order valence-electron chi connectivity index (χ1n) is 5.61. The van der Waals surface area contributed by atoms with Gasteiger partial charge in [0.1, 0.15) is 6.54 Å². The molecule has 0 saturated heterocycles. The molecule has 1 aromatic carbocycles. The summed E-state index contributed by atoms with van der Waals surface area (Å²) in [6, 6.07) is 4.51. The number of nitrogens with zero attached hydrogens (tertiary/aromatic N) is 1. The highest BCUT2D eigenvalue weighted by Gasteiger charge is 2.41. The van der Waals surface area contributed by atoms with Gasteiger partial charge in [0.05, 0.1) is 5.56 Å². The third kappa shape index (κ3) is 3.95.